The van der Waals surface area contributed by atoms with Crippen molar-refractivity contribution in [2.75, 3.05) is 18.4 Å². The van der Waals surface area contributed by atoms with Crippen molar-refractivity contribution in [2.45, 2.75) is 76.3 Å². The molecule has 6 nitrogen and oxygen atoms in total. The number of aryl methyl sites for hydroxylation is 1. The number of urea groups is 1. The molecule has 0 radical (unpaired) electrons. The Morgan fingerprint density at radius 1 is 1.12 bits per heavy atom. The average Bonchev–Trinajstić information content (AvgIpc) is 3.14. The first kappa shape index (κ1) is 15.9. The molecule has 2 heterocycles. The Labute approximate surface area is 143 Å². The molecule has 1 aromatic rings. The summed E-state index contributed by atoms with van der Waals surface area (Å²) in [7, 11) is 0. The van der Waals surface area contributed by atoms with Crippen molar-refractivity contribution in [3.63, 3.8) is 0 Å². The Morgan fingerprint density at radius 2 is 1.83 bits per heavy atom. The highest BCUT2D eigenvalue weighted by atomic mass is 16.5. The first-order valence-electron chi connectivity index (χ1n) is 9.48. The number of carbonyl (C=O) groups excluding carboxylic acids is 1. The maximum Gasteiger partial charge on any atom is 0.319 e. The number of nitrogens with zero attached hydrogens (tertiary/aromatic N) is 2. The minimum Gasteiger partial charge on any atom is -0.359 e. The molecular formula is C18H28N4O2. The SMILES string of the molecule is Cc1noc(C2CC2)c1NC(=O)NC1CCN(C2CCCC2)CC1. The van der Waals surface area contributed by atoms with Crippen molar-refractivity contribution in [3.8, 4) is 0 Å². The van der Waals surface area contributed by atoms with Crippen LogP contribution in [0.4, 0.5) is 10.5 Å². The molecule has 2 N–H and O–H groups in total. The normalized spacial score (nSPS) is 23.5. The third-order valence-electron chi connectivity index (χ3n) is 5.78. The Kier molecular flexibility index (Phi) is 4.48. The highest BCUT2D eigenvalue weighted by molar-refractivity contribution is 5.90. The van der Waals surface area contributed by atoms with Crippen molar-refractivity contribution in [3.05, 3.63) is 11.5 Å². The number of likely N-dealkylation sites (tertiary alicyclic amines) is 1. The zero-order chi connectivity index (χ0) is 16.5. The fourth-order valence-corrected chi connectivity index (χ4v) is 4.18. The lowest BCUT2D eigenvalue weighted by Gasteiger charge is -2.36. The molecule has 0 unspecified atom stereocenters. The fraction of sp³-hybridized carbons (Fsp3) is 0.778. The summed E-state index contributed by atoms with van der Waals surface area (Å²) < 4.78 is 5.38. The monoisotopic (exact) mass is 332 g/mol. The largest absolute Gasteiger partial charge is 0.359 e. The summed E-state index contributed by atoms with van der Waals surface area (Å²) in [6.45, 7) is 4.09. The second-order valence-electron chi connectivity index (χ2n) is 7.63. The van der Waals surface area contributed by atoms with E-state index in [2.05, 4.69) is 20.7 Å². The van der Waals surface area contributed by atoms with Crippen LogP contribution < -0.4 is 10.6 Å². The number of hydrogen-bond donors (Lipinski definition) is 2. The van der Waals surface area contributed by atoms with Gasteiger partial charge in [0, 0.05) is 31.1 Å². The van der Waals surface area contributed by atoms with Crippen LogP contribution in [0.1, 0.15) is 68.7 Å². The summed E-state index contributed by atoms with van der Waals surface area (Å²) in [5.41, 5.74) is 1.54. The molecule has 2 amide bonds. The van der Waals surface area contributed by atoms with Crippen LogP contribution in [0.25, 0.3) is 0 Å². The lowest BCUT2D eigenvalue weighted by atomic mass is 10.0. The predicted octanol–water partition coefficient (Wildman–Crippen LogP) is 3.39. The summed E-state index contributed by atoms with van der Waals surface area (Å²) in [5.74, 6) is 1.29. The zero-order valence-corrected chi connectivity index (χ0v) is 14.5. The van der Waals surface area contributed by atoms with Crippen LogP contribution in [0.2, 0.25) is 0 Å². The predicted molar refractivity (Wildman–Crippen MR) is 92.2 cm³/mol. The minimum atomic E-state index is -0.123. The molecule has 1 aromatic heterocycles. The van der Waals surface area contributed by atoms with Gasteiger partial charge in [-0.25, -0.2) is 4.79 Å². The summed E-state index contributed by atoms with van der Waals surface area (Å²) in [6.07, 6.45) is 9.82. The van der Waals surface area contributed by atoms with Crippen LogP contribution in [0.3, 0.4) is 0 Å². The molecule has 0 aromatic carbocycles. The minimum absolute atomic E-state index is 0.123. The van der Waals surface area contributed by atoms with Gasteiger partial charge < -0.3 is 20.1 Å². The molecule has 24 heavy (non-hydrogen) atoms. The maximum atomic E-state index is 12.4. The standard InChI is InChI=1S/C18H28N4O2/c1-12-16(17(24-21-12)13-6-7-13)20-18(23)19-14-8-10-22(11-9-14)15-4-2-3-5-15/h13-15H,2-11H2,1H3,(H2,19,20,23). The number of carbonyl (C=O) groups is 1. The molecule has 4 rings (SSSR count). The summed E-state index contributed by atoms with van der Waals surface area (Å²) >= 11 is 0. The molecular weight excluding hydrogens is 304 g/mol. The van der Waals surface area contributed by atoms with Crippen LogP contribution in [0, 0.1) is 6.92 Å². The van der Waals surface area contributed by atoms with Crippen LogP contribution in [-0.2, 0) is 0 Å². The van der Waals surface area contributed by atoms with Gasteiger partial charge in [-0.3, -0.25) is 0 Å². The van der Waals surface area contributed by atoms with Crippen molar-refractivity contribution in [1.82, 2.24) is 15.4 Å². The molecule has 0 atom stereocenters. The van der Waals surface area contributed by atoms with E-state index in [0.717, 1.165) is 62.0 Å². The van der Waals surface area contributed by atoms with Gasteiger partial charge in [-0.1, -0.05) is 18.0 Å². The molecule has 1 aliphatic heterocycles. The van der Waals surface area contributed by atoms with E-state index < -0.39 is 0 Å². The average molecular weight is 332 g/mol. The van der Waals surface area contributed by atoms with Gasteiger partial charge in [0.2, 0.25) is 0 Å². The molecule has 1 saturated heterocycles. The van der Waals surface area contributed by atoms with Gasteiger partial charge in [0.05, 0.1) is 0 Å². The van der Waals surface area contributed by atoms with E-state index in [-0.39, 0.29) is 12.1 Å². The van der Waals surface area contributed by atoms with Gasteiger partial charge in [-0.15, -0.1) is 0 Å². The van der Waals surface area contributed by atoms with Gasteiger partial charge >= 0.3 is 6.03 Å². The Balaban J connectivity index is 1.27. The molecule has 2 saturated carbocycles. The lowest BCUT2D eigenvalue weighted by molar-refractivity contribution is 0.147. The molecule has 3 aliphatic rings. The van der Waals surface area contributed by atoms with Crippen LogP contribution >= 0.6 is 0 Å². The van der Waals surface area contributed by atoms with E-state index in [0.29, 0.717) is 5.92 Å². The molecule has 6 heteroatoms. The summed E-state index contributed by atoms with van der Waals surface area (Å²) in [4.78, 5) is 15.0. The van der Waals surface area contributed by atoms with Crippen LogP contribution in [-0.4, -0.2) is 41.3 Å². The third kappa shape index (κ3) is 3.43. The van der Waals surface area contributed by atoms with Crippen molar-refractivity contribution < 1.29 is 9.32 Å². The highest BCUT2D eigenvalue weighted by Gasteiger charge is 2.33. The van der Waals surface area contributed by atoms with Gasteiger partial charge in [0.1, 0.15) is 11.4 Å². The molecule has 2 aliphatic carbocycles. The first-order valence-corrected chi connectivity index (χ1v) is 9.48. The third-order valence-corrected chi connectivity index (χ3v) is 5.78. The highest BCUT2D eigenvalue weighted by Crippen LogP contribution is 2.44. The fourth-order valence-electron chi connectivity index (χ4n) is 4.18. The Morgan fingerprint density at radius 3 is 2.50 bits per heavy atom. The number of piperidine rings is 1. The van der Waals surface area contributed by atoms with E-state index in [1.807, 2.05) is 6.92 Å². The summed E-state index contributed by atoms with van der Waals surface area (Å²) in [5, 5.41) is 10.1. The first-order chi connectivity index (χ1) is 11.7. The van der Waals surface area contributed by atoms with Crippen LogP contribution in [0.5, 0.6) is 0 Å². The van der Waals surface area contributed by atoms with Crippen LogP contribution in [0.15, 0.2) is 4.52 Å². The zero-order valence-electron chi connectivity index (χ0n) is 14.5. The Hall–Kier alpha value is -1.56. The molecule has 3 fully saturated rings. The van der Waals surface area contributed by atoms with Gasteiger partial charge in [0.15, 0.2) is 5.76 Å². The van der Waals surface area contributed by atoms with Gasteiger partial charge in [-0.05, 0) is 45.4 Å². The van der Waals surface area contributed by atoms with Crippen molar-refractivity contribution >= 4 is 11.7 Å². The number of nitrogens with one attached hydrogen (secondary N) is 2. The maximum absolute atomic E-state index is 12.4. The topological polar surface area (TPSA) is 70.4 Å². The van der Waals surface area contributed by atoms with E-state index >= 15 is 0 Å². The number of amides is 2. The number of rotatable bonds is 4. The van der Waals surface area contributed by atoms with Crippen molar-refractivity contribution in [2.24, 2.45) is 0 Å². The lowest BCUT2D eigenvalue weighted by Crippen LogP contribution is -2.48. The Bertz CT molecular complexity index is 582. The van der Waals surface area contributed by atoms with E-state index in [4.69, 9.17) is 4.52 Å². The smallest absolute Gasteiger partial charge is 0.319 e. The second-order valence-corrected chi connectivity index (χ2v) is 7.63. The van der Waals surface area contributed by atoms with Gasteiger partial charge in [0.25, 0.3) is 0 Å². The summed E-state index contributed by atoms with van der Waals surface area (Å²) in [6, 6.07) is 0.940. The molecule has 0 bridgehead atoms. The number of hydrogen-bond acceptors (Lipinski definition) is 4. The van der Waals surface area contributed by atoms with Gasteiger partial charge in [-0.2, -0.15) is 0 Å². The quantitative estimate of drug-likeness (QED) is 0.886. The number of aromatic nitrogens is 1. The van der Waals surface area contributed by atoms with E-state index in [1.165, 1.54) is 25.7 Å². The van der Waals surface area contributed by atoms with E-state index in [1.54, 1.807) is 0 Å². The second kappa shape index (κ2) is 6.75. The number of anilines is 1. The molecule has 132 valence electrons. The molecule has 0 spiro atoms. The van der Waals surface area contributed by atoms with Crippen molar-refractivity contribution in [1.29, 1.82) is 0 Å². The van der Waals surface area contributed by atoms with E-state index in [9.17, 15) is 4.79 Å².